The zero-order chi connectivity index (χ0) is 17.0. The molecule has 9 heteroatoms. The number of nitro benzene ring substituents is 1. The summed E-state index contributed by atoms with van der Waals surface area (Å²) in [4.78, 5) is 10.4. The Hall–Kier alpha value is -2.71. The van der Waals surface area contributed by atoms with Crippen LogP contribution in [0.15, 0.2) is 40.6 Å². The predicted molar refractivity (Wildman–Crippen MR) is 82.9 cm³/mol. The van der Waals surface area contributed by atoms with Crippen LogP contribution in [0, 0.1) is 10.1 Å². The van der Waals surface area contributed by atoms with E-state index in [9.17, 15) is 20.3 Å². The summed E-state index contributed by atoms with van der Waals surface area (Å²) < 4.78 is 5.03. The Labute approximate surface area is 135 Å². The molecule has 0 radical (unpaired) electrons. The van der Waals surface area contributed by atoms with Crippen molar-refractivity contribution in [2.24, 2.45) is 10.2 Å². The van der Waals surface area contributed by atoms with Crippen molar-refractivity contribution >= 4 is 28.7 Å². The molecule has 0 aliphatic heterocycles. The maximum Gasteiger partial charge on any atom is 0.296 e. The molecule has 0 aliphatic rings. The molecule has 0 saturated carbocycles. The van der Waals surface area contributed by atoms with Crippen molar-refractivity contribution < 1.29 is 19.9 Å². The molecule has 0 fully saturated rings. The number of nitrogens with zero attached hydrogens (tertiary/aromatic N) is 3. The molecule has 2 rings (SSSR count). The molecule has 2 N–H and O–H groups in total. The van der Waals surface area contributed by atoms with Gasteiger partial charge in [-0.3, -0.25) is 10.1 Å². The SMILES string of the molecule is COc1cc(CO)c(O)c(/N=N/c2cc(Cl)ccc2[N+](=O)[O-])c1. The highest BCUT2D eigenvalue weighted by molar-refractivity contribution is 6.30. The first-order chi connectivity index (χ1) is 11.0. The second-order valence-electron chi connectivity index (χ2n) is 4.40. The van der Waals surface area contributed by atoms with E-state index >= 15 is 0 Å². The average molecular weight is 338 g/mol. The van der Waals surface area contributed by atoms with Crippen LogP contribution in [0.1, 0.15) is 5.56 Å². The summed E-state index contributed by atoms with van der Waals surface area (Å²) >= 11 is 5.80. The first-order valence-electron chi connectivity index (χ1n) is 6.32. The van der Waals surface area contributed by atoms with E-state index in [0.29, 0.717) is 5.75 Å². The largest absolute Gasteiger partial charge is 0.505 e. The van der Waals surface area contributed by atoms with Gasteiger partial charge in [0.25, 0.3) is 5.69 Å². The summed E-state index contributed by atoms with van der Waals surface area (Å²) in [6.07, 6.45) is 0. The molecule has 0 aliphatic carbocycles. The van der Waals surface area contributed by atoms with Gasteiger partial charge in [-0.05, 0) is 18.2 Å². The normalized spacial score (nSPS) is 10.9. The van der Waals surface area contributed by atoms with Gasteiger partial charge in [0.05, 0.1) is 18.6 Å². The number of rotatable bonds is 5. The fourth-order valence-electron chi connectivity index (χ4n) is 1.80. The smallest absolute Gasteiger partial charge is 0.296 e. The Balaban J connectivity index is 2.49. The number of nitro groups is 1. The highest BCUT2D eigenvalue weighted by atomic mass is 35.5. The van der Waals surface area contributed by atoms with Gasteiger partial charge in [0.15, 0.2) is 5.69 Å². The lowest BCUT2D eigenvalue weighted by Gasteiger charge is -2.07. The molecule has 0 atom stereocenters. The van der Waals surface area contributed by atoms with Gasteiger partial charge in [-0.15, -0.1) is 10.2 Å². The minimum atomic E-state index is -0.616. The summed E-state index contributed by atoms with van der Waals surface area (Å²) in [7, 11) is 1.41. The van der Waals surface area contributed by atoms with Crippen molar-refractivity contribution in [3.05, 3.63) is 51.0 Å². The molecule has 120 valence electrons. The van der Waals surface area contributed by atoms with Crippen LogP contribution < -0.4 is 4.74 Å². The average Bonchev–Trinajstić information content (AvgIpc) is 2.53. The number of hydrogen-bond acceptors (Lipinski definition) is 7. The number of benzene rings is 2. The molecular formula is C14H12ClN3O5. The maximum absolute atomic E-state index is 11.0. The van der Waals surface area contributed by atoms with Crippen LogP contribution in [0.4, 0.5) is 17.1 Å². The van der Waals surface area contributed by atoms with E-state index in [2.05, 4.69) is 10.2 Å². The van der Waals surface area contributed by atoms with Gasteiger partial charge in [-0.1, -0.05) is 11.6 Å². The number of methoxy groups -OCH3 is 1. The molecule has 2 aromatic rings. The number of aliphatic hydroxyl groups is 1. The lowest BCUT2D eigenvalue weighted by Crippen LogP contribution is -1.89. The van der Waals surface area contributed by atoms with Crippen molar-refractivity contribution in [3.63, 3.8) is 0 Å². The van der Waals surface area contributed by atoms with Gasteiger partial charge in [-0.25, -0.2) is 0 Å². The Morgan fingerprint density at radius 2 is 1.96 bits per heavy atom. The van der Waals surface area contributed by atoms with Crippen molar-refractivity contribution in [1.29, 1.82) is 0 Å². The summed E-state index contributed by atoms with van der Waals surface area (Å²) in [5.41, 5.74) is -0.139. The van der Waals surface area contributed by atoms with Crippen LogP contribution in [-0.2, 0) is 6.61 Å². The Morgan fingerprint density at radius 1 is 1.26 bits per heavy atom. The van der Waals surface area contributed by atoms with E-state index in [1.807, 2.05) is 0 Å². The topological polar surface area (TPSA) is 118 Å². The van der Waals surface area contributed by atoms with Gasteiger partial charge in [0.1, 0.15) is 17.2 Å². The van der Waals surface area contributed by atoms with E-state index in [1.54, 1.807) is 0 Å². The number of halogens is 1. The Kier molecular flexibility index (Phi) is 5.09. The fourth-order valence-corrected chi connectivity index (χ4v) is 1.97. The number of phenols is 1. The van der Waals surface area contributed by atoms with Crippen molar-refractivity contribution in [2.75, 3.05) is 7.11 Å². The van der Waals surface area contributed by atoms with Gasteiger partial charge < -0.3 is 14.9 Å². The van der Waals surface area contributed by atoms with Gasteiger partial charge in [0, 0.05) is 22.7 Å². The van der Waals surface area contributed by atoms with E-state index in [0.717, 1.165) is 0 Å². The maximum atomic E-state index is 11.0. The second-order valence-corrected chi connectivity index (χ2v) is 4.84. The summed E-state index contributed by atoms with van der Waals surface area (Å²) in [6.45, 7) is -0.428. The molecule has 2 aromatic carbocycles. The molecule has 0 spiro atoms. The predicted octanol–water partition coefficient (Wildman–Crippen LogP) is 3.87. The molecule has 23 heavy (non-hydrogen) atoms. The molecule has 0 unspecified atom stereocenters. The van der Waals surface area contributed by atoms with Crippen molar-refractivity contribution in [1.82, 2.24) is 0 Å². The third-order valence-electron chi connectivity index (χ3n) is 2.95. The third kappa shape index (κ3) is 3.74. The Morgan fingerprint density at radius 3 is 2.57 bits per heavy atom. The monoisotopic (exact) mass is 337 g/mol. The number of azo groups is 1. The van der Waals surface area contributed by atoms with Crippen LogP contribution in [0.25, 0.3) is 0 Å². The lowest BCUT2D eigenvalue weighted by molar-refractivity contribution is -0.384. The first kappa shape index (κ1) is 16.7. The zero-order valence-corrected chi connectivity index (χ0v) is 12.7. The summed E-state index contributed by atoms with van der Waals surface area (Å²) in [5.74, 6) is 0.0584. The van der Waals surface area contributed by atoms with E-state index in [4.69, 9.17) is 16.3 Å². The van der Waals surface area contributed by atoms with Crippen LogP contribution in [0.3, 0.4) is 0 Å². The van der Waals surface area contributed by atoms with Crippen LogP contribution in [0.5, 0.6) is 11.5 Å². The molecule has 0 bridgehead atoms. The fraction of sp³-hybridized carbons (Fsp3) is 0.143. The van der Waals surface area contributed by atoms with Crippen LogP contribution in [-0.4, -0.2) is 22.2 Å². The van der Waals surface area contributed by atoms with Crippen molar-refractivity contribution in [2.45, 2.75) is 6.61 Å². The Bertz CT molecular complexity index is 779. The molecule has 0 aromatic heterocycles. The van der Waals surface area contributed by atoms with Gasteiger partial charge in [-0.2, -0.15) is 0 Å². The standard InChI is InChI=1S/C14H12ClN3O5/c1-23-10-4-8(7-19)14(20)12(6-10)17-16-11-5-9(15)2-3-13(11)18(21)22/h2-6,19-20H,7H2,1H3/b17-16+. The lowest BCUT2D eigenvalue weighted by atomic mass is 10.1. The van der Waals surface area contributed by atoms with Crippen LogP contribution in [0.2, 0.25) is 5.02 Å². The van der Waals surface area contributed by atoms with Gasteiger partial charge in [0.2, 0.25) is 0 Å². The summed E-state index contributed by atoms with van der Waals surface area (Å²) in [6, 6.07) is 6.69. The van der Waals surface area contributed by atoms with Gasteiger partial charge >= 0.3 is 0 Å². The number of aromatic hydroxyl groups is 1. The quantitative estimate of drug-likeness (QED) is 0.487. The highest BCUT2D eigenvalue weighted by Crippen LogP contribution is 2.37. The van der Waals surface area contributed by atoms with E-state index < -0.39 is 11.5 Å². The molecule has 0 amide bonds. The van der Waals surface area contributed by atoms with Crippen LogP contribution >= 0.6 is 11.6 Å². The van der Waals surface area contributed by atoms with Crippen molar-refractivity contribution in [3.8, 4) is 11.5 Å². The third-order valence-corrected chi connectivity index (χ3v) is 3.18. The highest BCUT2D eigenvalue weighted by Gasteiger charge is 2.15. The number of ether oxygens (including phenoxy) is 1. The zero-order valence-electron chi connectivity index (χ0n) is 11.9. The summed E-state index contributed by atoms with van der Waals surface area (Å²) in [5, 5.41) is 38.0. The first-order valence-corrected chi connectivity index (χ1v) is 6.70. The minimum Gasteiger partial charge on any atom is -0.505 e. The molecule has 0 heterocycles. The molecule has 8 nitrogen and oxygen atoms in total. The second kappa shape index (κ2) is 7.03. The molecule has 0 saturated heterocycles. The van der Waals surface area contributed by atoms with E-state index in [1.165, 1.54) is 37.4 Å². The molecular weight excluding hydrogens is 326 g/mol. The van der Waals surface area contributed by atoms with E-state index in [-0.39, 0.29) is 33.4 Å². The number of aliphatic hydroxyl groups excluding tert-OH is 1. The minimum absolute atomic E-state index is 0.00248. The number of hydrogen-bond donors (Lipinski definition) is 2.